The predicted octanol–water partition coefficient (Wildman–Crippen LogP) is 4.32. The number of rotatable bonds is 15. The van der Waals surface area contributed by atoms with E-state index in [1.165, 1.54) is 4.90 Å². The molecule has 2 aromatic carbocycles. The lowest BCUT2D eigenvalue weighted by Crippen LogP contribution is -2.51. The molecule has 0 heterocycles. The highest BCUT2D eigenvalue weighted by Crippen LogP contribution is 2.44. The Morgan fingerprint density at radius 3 is 1.65 bits per heavy atom. The normalized spacial score (nSPS) is 13.2. The van der Waals surface area contributed by atoms with E-state index in [9.17, 15) is 33.9 Å². The zero-order chi connectivity index (χ0) is 40.4. The third-order valence-corrected chi connectivity index (χ3v) is 7.65. The van der Waals surface area contributed by atoms with Crippen LogP contribution in [0.15, 0.2) is 48.5 Å². The number of benzene rings is 2. The highest BCUT2D eigenvalue weighted by Gasteiger charge is 2.31. The first-order valence-corrected chi connectivity index (χ1v) is 17.8. The molecule has 0 radical (unpaired) electrons. The Bertz CT molecular complexity index is 1600. The van der Waals surface area contributed by atoms with Crippen LogP contribution in [0.5, 0.6) is 0 Å². The Morgan fingerprint density at radius 2 is 1.19 bits per heavy atom. The molecule has 0 saturated heterocycles. The van der Waals surface area contributed by atoms with Crippen molar-refractivity contribution < 1.29 is 52.8 Å². The number of carboxylic acid groups (broad SMARTS) is 1. The van der Waals surface area contributed by atoms with E-state index >= 15 is 0 Å². The number of carboxylic acids is 1. The van der Waals surface area contributed by atoms with Crippen LogP contribution in [-0.2, 0) is 38.1 Å². The smallest absolute Gasteiger partial charge is 0.410 e. The van der Waals surface area contributed by atoms with Crippen molar-refractivity contribution in [3.05, 3.63) is 59.7 Å². The van der Waals surface area contributed by atoms with Crippen molar-refractivity contribution in [1.29, 1.82) is 0 Å². The van der Waals surface area contributed by atoms with Gasteiger partial charge in [-0.1, -0.05) is 48.5 Å². The fraction of sp³-hybridized carbons (Fsp3) is 0.538. The zero-order valence-corrected chi connectivity index (χ0v) is 32.6. The summed E-state index contributed by atoms with van der Waals surface area (Å²) in [6.07, 6.45) is -1.84. The number of nitrogens with zero attached hydrogens (tertiary/aromatic N) is 2. The number of esters is 2. The molecule has 0 bridgehead atoms. The summed E-state index contributed by atoms with van der Waals surface area (Å²) in [5.74, 6) is -3.65. The lowest BCUT2D eigenvalue weighted by molar-refractivity contribution is -0.160. The maximum absolute atomic E-state index is 13.2. The Hall–Kier alpha value is -5.18. The lowest BCUT2D eigenvalue weighted by atomic mass is 9.98. The first-order chi connectivity index (χ1) is 25.0. The van der Waals surface area contributed by atoms with Crippen LogP contribution in [0.3, 0.4) is 0 Å². The lowest BCUT2D eigenvalue weighted by Gasteiger charge is -2.30. The van der Waals surface area contributed by atoms with Gasteiger partial charge in [-0.05, 0) is 84.6 Å². The summed E-state index contributed by atoms with van der Waals surface area (Å²) < 4.78 is 21.8. The molecule has 0 spiro atoms. The minimum atomic E-state index is -1.56. The number of carbonyl (C=O) groups is 6. The monoisotopic (exact) mass is 754 g/mol. The molecule has 15 nitrogen and oxygen atoms in total. The van der Waals surface area contributed by atoms with E-state index in [1.54, 1.807) is 62.3 Å². The fourth-order valence-corrected chi connectivity index (χ4v) is 5.58. The van der Waals surface area contributed by atoms with Gasteiger partial charge in [0.15, 0.2) is 0 Å². The molecule has 54 heavy (non-hydrogen) atoms. The second-order valence-electron chi connectivity index (χ2n) is 16.0. The summed E-state index contributed by atoms with van der Waals surface area (Å²) in [6.45, 7) is 13.2. The molecule has 3 amide bonds. The number of carbonyl (C=O) groups excluding carboxylic acids is 5. The van der Waals surface area contributed by atoms with E-state index in [4.69, 9.17) is 18.9 Å². The van der Waals surface area contributed by atoms with Crippen molar-refractivity contribution in [3.8, 4) is 11.1 Å². The molecule has 3 N–H and O–H groups in total. The van der Waals surface area contributed by atoms with Gasteiger partial charge in [-0.25, -0.2) is 14.4 Å². The molecule has 1 aliphatic carbocycles. The van der Waals surface area contributed by atoms with Crippen LogP contribution in [0.2, 0.25) is 0 Å². The van der Waals surface area contributed by atoms with Crippen molar-refractivity contribution in [3.63, 3.8) is 0 Å². The van der Waals surface area contributed by atoms with Gasteiger partial charge < -0.3 is 34.7 Å². The molecule has 1 atom stereocenters. The molecule has 296 valence electrons. The van der Waals surface area contributed by atoms with E-state index in [-0.39, 0.29) is 38.7 Å². The molecule has 1 aliphatic rings. The van der Waals surface area contributed by atoms with Crippen LogP contribution in [0, 0.1) is 0 Å². The maximum atomic E-state index is 13.2. The molecule has 0 aromatic heterocycles. The summed E-state index contributed by atoms with van der Waals surface area (Å²) in [4.78, 5) is 79.1. The Morgan fingerprint density at radius 1 is 0.704 bits per heavy atom. The van der Waals surface area contributed by atoms with Crippen LogP contribution in [0.1, 0.15) is 79.4 Å². The Kier molecular flexibility index (Phi) is 14.6. The third kappa shape index (κ3) is 14.3. The van der Waals surface area contributed by atoms with Crippen molar-refractivity contribution in [2.24, 2.45) is 0 Å². The van der Waals surface area contributed by atoms with E-state index in [1.807, 2.05) is 48.5 Å². The molecule has 0 unspecified atom stereocenters. The van der Waals surface area contributed by atoms with Gasteiger partial charge in [-0.2, -0.15) is 0 Å². The second kappa shape index (κ2) is 18.2. The molecular weight excluding hydrogens is 700 g/mol. The quantitative estimate of drug-likeness (QED) is 0.173. The maximum Gasteiger partial charge on any atom is 0.410 e. The zero-order valence-electron chi connectivity index (χ0n) is 32.6. The van der Waals surface area contributed by atoms with Gasteiger partial charge in [0.25, 0.3) is 0 Å². The van der Waals surface area contributed by atoms with Crippen molar-refractivity contribution >= 4 is 36.0 Å². The number of hydrogen-bond donors (Lipinski definition) is 3. The molecular formula is C39H54N4O11. The van der Waals surface area contributed by atoms with E-state index in [0.29, 0.717) is 0 Å². The summed E-state index contributed by atoms with van der Waals surface area (Å²) >= 11 is 0. The van der Waals surface area contributed by atoms with Gasteiger partial charge >= 0.3 is 30.1 Å². The molecule has 3 rings (SSSR count). The van der Waals surface area contributed by atoms with E-state index in [2.05, 4.69) is 10.6 Å². The van der Waals surface area contributed by atoms with Crippen LogP contribution in [0.4, 0.5) is 9.59 Å². The van der Waals surface area contributed by atoms with Gasteiger partial charge in [0.1, 0.15) is 36.0 Å². The highest BCUT2D eigenvalue weighted by atomic mass is 16.6. The first kappa shape index (κ1) is 43.2. The SMILES string of the molecule is CC(C)(C)OC(=O)CN(CCN(CC(=O)NC[C@H](NC(=O)OCC1c2ccccc2-c2ccccc21)C(=O)O)C(=O)OC(C)(C)C)CC(=O)OC(C)(C)C. The largest absolute Gasteiger partial charge is 0.480 e. The Balaban J connectivity index is 1.64. The third-order valence-electron chi connectivity index (χ3n) is 7.65. The summed E-state index contributed by atoms with van der Waals surface area (Å²) in [5, 5.41) is 14.5. The second-order valence-corrected chi connectivity index (χ2v) is 16.0. The van der Waals surface area contributed by atoms with Gasteiger partial charge in [0.2, 0.25) is 5.91 Å². The average Bonchev–Trinajstić information content (AvgIpc) is 3.34. The number of fused-ring (bicyclic) bond motifs is 3. The van der Waals surface area contributed by atoms with Crippen LogP contribution in [-0.4, -0.2) is 120 Å². The minimum absolute atomic E-state index is 0.0394. The average molecular weight is 755 g/mol. The number of nitrogens with one attached hydrogen (secondary N) is 2. The number of ether oxygens (including phenoxy) is 4. The molecule has 15 heteroatoms. The summed E-state index contributed by atoms with van der Waals surface area (Å²) in [7, 11) is 0. The highest BCUT2D eigenvalue weighted by molar-refractivity contribution is 5.85. The molecule has 0 fully saturated rings. The van der Waals surface area contributed by atoms with E-state index in [0.717, 1.165) is 27.2 Å². The topological polar surface area (TPSA) is 190 Å². The van der Waals surface area contributed by atoms with Crippen LogP contribution < -0.4 is 10.6 Å². The molecule has 2 aromatic rings. The standard InChI is InChI=1S/C39H54N4O11/c1-37(2,3)52-32(45)22-42(23-33(46)53-38(4,5)6)18-19-43(36(50)54-39(7,8)9)21-31(44)40-20-30(34(47)48)41-35(49)51-24-29-27-16-12-10-14-25(27)26-15-11-13-17-28(26)29/h10-17,29-30H,18-24H2,1-9H3,(H,40,44)(H,41,49)(H,47,48)/t30-/m0/s1. The van der Waals surface area contributed by atoms with Crippen molar-refractivity contribution in [1.82, 2.24) is 20.4 Å². The predicted molar refractivity (Wildman–Crippen MR) is 199 cm³/mol. The van der Waals surface area contributed by atoms with Gasteiger partial charge in [-0.3, -0.25) is 24.2 Å². The number of hydrogen-bond acceptors (Lipinski definition) is 11. The summed E-state index contributed by atoms with van der Waals surface area (Å²) in [6, 6.07) is 14.0. The number of alkyl carbamates (subject to hydrolysis) is 1. The molecule has 0 saturated carbocycles. The number of aliphatic carboxylic acids is 1. The van der Waals surface area contributed by atoms with Crippen molar-refractivity contribution in [2.45, 2.75) is 91.1 Å². The first-order valence-electron chi connectivity index (χ1n) is 17.8. The van der Waals surface area contributed by atoms with Crippen LogP contribution in [0.25, 0.3) is 11.1 Å². The van der Waals surface area contributed by atoms with Gasteiger partial charge in [-0.15, -0.1) is 0 Å². The fourth-order valence-electron chi connectivity index (χ4n) is 5.58. The van der Waals surface area contributed by atoms with Gasteiger partial charge in [0, 0.05) is 25.6 Å². The minimum Gasteiger partial charge on any atom is -0.480 e. The van der Waals surface area contributed by atoms with Gasteiger partial charge in [0.05, 0.1) is 13.1 Å². The summed E-state index contributed by atoms with van der Waals surface area (Å²) in [5.41, 5.74) is 1.54. The van der Waals surface area contributed by atoms with E-state index < -0.39 is 71.9 Å². The van der Waals surface area contributed by atoms with Crippen molar-refractivity contribution in [2.75, 3.05) is 45.9 Å². The molecule has 0 aliphatic heterocycles. The number of amides is 3. The van der Waals surface area contributed by atoms with Crippen LogP contribution >= 0.6 is 0 Å². The Labute approximate surface area is 316 Å².